The van der Waals surface area contributed by atoms with Crippen LogP contribution in [0.4, 0.5) is 0 Å². The summed E-state index contributed by atoms with van der Waals surface area (Å²) in [5.41, 5.74) is 0. The van der Waals surface area contributed by atoms with Gasteiger partial charge in [0.1, 0.15) is 0 Å². The molecule has 1 nitrogen and oxygen atoms in total. The second-order valence-electron chi connectivity index (χ2n) is 1.68. The first-order chi connectivity index (χ1) is 4.16. The highest BCUT2D eigenvalue weighted by Gasteiger charge is 2.00. The number of carbonyl (C=O) groups excluding carboxylic acids is 1. The van der Waals surface area contributed by atoms with Crippen molar-refractivity contribution in [2.24, 2.45) is 0 Å². The fraction of sp³-hybridized carbons (Fsp3) is 0.667. The van der Waals surface area contributed by atoms with Gasteiger partial charge in [-0.15, -0.1) is 0 Å². The van der Waals surface area contributed by atoms with Crippen LogP contribution in [0.5, 0.6) is 0 Å². The van der Waals surface area contributed by atoms with E-state index in [4.69, 9.17) is 12.2 Å². The molecule has 0 radical (unpaired) electrons. The summed E-state index contributed by atoms with van der Waals surface area (Å²) in [6.07, 6.45) is 0.452. The Labute approximate surface area is 65.2 Å². The Hall–Kier alpha value is 0.110. The van der Waals surface area contributed by atoms with Crippen LogP contribution < -0.4 is 0 Å². The lowest BCUT2D eigenvalue weighted by molar-refractivity contribution is -0.109. The van der Waals surface area contributed by atoms with Crippen molar-refractivity contribution in [2.45, 2.75) is 20.3 Å². The van der Waals surface area contributed by atoms with Gasteiger partial charge in [0.25, 0.3) is 0 Å². The van der Waals surface area contributed by atoms with Gasteiger partial charge in [-0.25, -0.2) is 0 Å². The number of carbonyl (C=O) groups is 1. The largest absolute Gasteiger partial charge is 0.287 e. The van der Waals surface area contributed by atoms with E-state index in [2.05, 4.69) is 0 Å². The monoisotopic (exact) mass is 162 g/mol. The van der Waals surface area contributed by atoms with Crippen LogP contribution in [0.1, 0.15) is 20.3 Å². The standard InChI is InChI=1S/C6H10OS2/c1-3-9-6(7)4-5(2)8/h3-4H2,1-2H3. The summed E-state index contributed by atoms with van der Waals surface area (Å²) in [6, 6.07) is 0. The van der Waals surface area contributed by atoms with Crippen molar-refractivity contribution >= 4 is 34.0 Å². The molecule has 0 aliphatic carbocycles. The number of thiocarbonyl (C=S) groups is 1. The van der Waals surface area contributed by atoms with Gasteiger partial charge in [-0.3, -0.25) is 4.79 Å². The van der Waals surface area contributed by atoms with E-state index in [1.165, 1.54) is 11.8 Å². The van der Waals surface area contributed by atoms with Crippen LogP contribution in [0, 0.1) is 0 Å². The van der Waals surface area contributed by atoms with Crippen LogP contribution in [0.3, 0.4) is 0 Å². The molecule has 0 amide bonds. The van der Waals surface area contributed by atoms with Crippen molar-refractivity contribution in [1.82, 2.24) is 0 Å². The topological polar surface area (TPSA) is 17.1 Å². The van der Waals surface area contributed by atoms with E-state index in [1.54, 1.807) is 6.92 Å². The van der Waals surface area contributed by atoms with Crippen LogP contribution in [-0.4, -0.2) is 15.7 Å². The second kappa shape index (κ2) is 4.94. The highest BCUT2D eigenvalue weighted by atomic mass is 32.2. The Bertz CT molecular complexity index is 120. The van der Waals surface area contributed by atoms with Crippen LogP contribution in [0.2, 0.25) is 0 Å². The molecule has 9 heavy (non-hydrogen) atoms. The molecule has 0 aromatic carbocycles. The maximum atomic E-state index is 10.7. The van der Waals surface area contributed by atoms with Crippen LogP contribution in [0.15, 0.2) is 0 Å². The van der Waals surface area contributed by atoms with E-state index in [0.29, 0.717) is 6.42 Å². The lowest BCUT2D eigenvalue weighted by Gasteiger charge is -1.93. The predicted molar refractivity (Wildman–Crippen MR) is 46.0 cm³/mol. The third kappa shape index (κ3) is 5.99. The zero-order valence-electron chi connectivity index (χ0n) is 5.64. The maximum Gasteiger partial charge on any atom is 0.193 e. The molecule has 0 aliphatic heterocycles. The Morgan fingerprint density at radius 1 is 1.67 bits per heavy atom. The molecule has 0 spiro atoms. The quantitative estimate of drug-likeness (QED) is 0.591. The molecule has 0 unspecified atom stereocenters. The molecule has 0 fully saturated rings. The zero-order chi connectivity index (χ0) is 7.28. The Morgan fingerprint density at radius 2 is 2.22 bits per heavy atom. The van der Waals surface area contributed by atoms with Crippen molar-refractivity contribution in [1.29, 1.82) is 0 Å². The van der Waals surface area contributed by atoms with E-state index < -0.39 is 0 Å². The van der Waals surface area contributed by atoms with Crippen LogP contribution >= 0.6 is 24.0 Å². The first-order valence-corrected chi connectivity index (χ1v) is 4.21. The molecule has 0 aliphatic rings. The van der Waals surface area contributed by atoms with Crippen molar-refractivity contribution in [3.05, 3.63) is 0 Å². The van der Waals surface area contributed by atoms with E-state index in [-0.39, 0.29) is 5.12 Å². The van der Waals surface area contributed by atoms with Crippen molar-refractivity contribution in [2.75, 3.05) is 5.75 Å². The second-order valence-corrected chi connectivity index (χ2v) is 3.70. The number of hydrogen-bond donors (Lipinski definition) is 0. The third-order valence-electron chi connectivity index (χ3n) is 0.699. The lowest BCUT2D eigenvalue weighted by Crippen LogP contribution is -1.97. The van der Waals surface area contributed by atoms with Gasteiger partial charge in [0.05, 0.1) is 0 Å². The summed E-state index contributed by atoms with van der Waals surface area (Å²) in [6.45, 7) is 3.75. The number of rotatable bonds is 3. The van der Waals surface area contributed by atoms with Gasteiger partial charge in [-0.05, 0) is 17.5 Å². The SMILES string of the molecule is CCSC(=O)CC(C)=S. The van der Waals surface area contributed by atoms with Gasteiger partial charge in [0.2, 0.25) is 0 Å². The predicted octanol–water partition coefficient (Wildman–Crippen LogP) is 2.05. The molecule has 0 saturated carbocycles. The molecule has 0 bridgehead atoms. The van der Waals surface area contributed by atoms with Gasteiger partial charge in [0, 0.05) is 6.42 Å². The molecule has 0 rings (SSSR count). The van der Waals surface area contributed by atoms with E-state index in [9.17, 15) is 4.79 Å². The summed E-state index contributed by atoms with van der Waals surface area (Å²) >= 11 is 6.08. The molecule has 0 saturated heterocycles. The Balaban J connectivity index is 3.39. The maximum absolute atomic E-state index is 10.7. The van der Waals surface area contributed by atoms with Gasteiger partial charge >= 0.3 is 0 Å². The summed E-state index contributed by atoms with van der Waals surface area (Å²) in [5, 5.41) is 0.185. The third-order valence-corrected chi connectivity index (χ3v) is 1.60. The zero-order valence-corrected chi connectivity index (χ0v) is 7.27. The molecule has 0 atom stereocenters. The van der Waals surface area contributed by atoms with Gasteiger partial charge in [-0.1, -0.05) is 30.9 Å². The van der Waals surface area contributed by atoms with Crippen molar-refractivity contribution in [3.63, 3.8) is 0 Å². The fourth-order valence-corrected chi connectivity index (χ4v) is 1.28. The smallest absolute Gasteiger partial charge is 0.193 e. The molecule has 52 valence electrons. The summed E-state index contributed by atoms with van der Waals surface area (Å²) in [5.74, 6) is 0.849. The summed E-state index contributed by atoms with van der Waals surface area (Å²) < 4.78 is 0. The first-order valence-electron chi connectivity index (χ1n) is 2.82. The average Bonchev–Trinajstić information content (AvgIpc) is 1.63. The highest BCUT2D eigenvalue weighted by Crippen LogP contribution is 2.04. The number of thioether (sulfide) groups is 1. The molecular weight excluding hydrogens is 152 g/mol. The van der Waals surface area contributed by atoms with Gasteiger partial charge in [-0.2, -0.15) is 0 Å². The minimum absolute atomic E-state index is 0.185. The molecule has 3 heteroatoms. The fourth-order valence-electron chi connectivity index (χ4n) is 0.415. The van der Waals surface area contributed by atoms with E-state index in [1.807, 2.05) is 6.92 Å². The average molecular weight is 162 g/mol. The molecule has 0 N–H and O–H groups in total. The van der Waals surface area contributed by atoms with Crippen molar-refractivity contribution in [3.8, 4) is 0 Å². The molecule has 0 heterocycles. The van der Waals surface area contributed by atoms with E-state index >= 15 is 0 Å². The van der Waals surface area contributed by atoms with E-state index in [0.717, 1.165) is 10.6 Å². The van der Waals surface area contributed by atoms with Gasteiger partial charge < -0.3 is 0 Å². The first kappa shape index (κ1) is 9.11. The molecular formula is C6H10OS2. The molecule has 0 aromatic rings. The van der Waals surface area contributed by atoms with Gasteiger partial charge in [0.15, 0.2) is 5.12 Å². The Morgan fingerprint density at radius 3 is 2.56 bits per heavy atom. The normalized spacial score (nSPS) is 9.11. The lowest BCUT2D eigenvalue weighted by atomic mass is 10.4. The molecule has 0 aromatic heterocycles. The van der Waals surface area contributed by atoms with Crippen molar-refractivity contribution < 1.29 is 4.79 Å². The summed E-state index contributed by atoms with van der Waals surface area (Å²) in [4.78, 5) is 11.5. The highest BCUT2D eigenvalue weighted by molar-refractivity contribution is 8.13. The minimum Gasteiger partial charge on any atom is -0.287 e. The minimum atomic E-state index is 0.185. The van der Waals surface area contributed by atoms with Crippen LogP contribution in [-0.2, 0) is 4.79 Å². The summed E-state index contributed by atoms with van der Waals surface area (Å²) in [7, 11) is 0. The Kier molecular flexibility index (Phi) is 5.00. The number of hydrogen-bond acceptors (Lipinski definition) is 3. The van der Waals surface area contributed by atoms with Crippen LogP contribution in [0.25, 0.3) is 0 Å².